The van der Waals surface area contributed by atoms with Gasteiger partial charge in [0, 0.05) is 13.1 Å². The lowest BCUT2D eigenvalue weighted by atomic mass is 9.91. The highest BCUT2D eigenvalue weighted by Gasteiger charge is 2.32. The Morgan fingerprint density at radius 2 is 1.74 bits per heavy atom. The lowest BCUT2D eigenvalue weighted by molar-refractivity contribution is -0.167. The molecule has 11 nitrogen and oxygen atoms in total. The molecule has 2 aliphatic rings. The molecule has 2 aromatic rings. The van der Waals surface area contributed by atoms with Gasteiger partial charge in [-0.2, -0.15) is 0 Å². The lowest BCUT2D eigenvalue weighted by Crippen LogP contribution is -2.40. The second kappa shape index (κ2) is 15.2. The second-order valence-corrected chi connectivity index (χ2v) is 10.4. The van der Waals surface area contributed by atoms with Crippen LogP contribution in [0.15, 0.2) is 54.6 Å². The Morgan fingerprint density at radius 3 is 2.48 bits per heavy atom. The van der Waals surface area contributed by atoms with Gasteiger partial charge in [-0.1, -0.05) is 48.9 Å². The maximum absolute atomic E-state index is 12.9. The molecule has 0 bridgehead atoms. The highest BCUT2D eigenvalue weighted by atomic mass is 16.6. The van der Waals surface area contributed by atoms with Crippen LogP contribution in [0.1, 0.15) is 51.0 Å². The minimum atomic E-state index is -1.08. The summed E-state index contributed by atoms with van der Waals surface area (Å²) in [5, 5.41) is 0. The SMILES string of the molecule is CCOC(=O)[C@@H](CCCC1CCN(C(=O)OCc2ccccc2)CC1)OC(=O)CN1C(=O)C[C@@H](N)Oc2ccccc21. The van der Waals surface area contributed by atoms with Crippen molar-refractivity contribution in [3.05, 3.63) is 60.2 Å². The maximum atomic E-state index is 12.9. The summed E-state index contributed by atoms with van der Waals surface area (Å²) in [5.41, 5.74) is 7.24. The predicted molar refractivity (Wildman–Crippen MR) is 153 cm³/mol. The summed E-state index contributed by atoms with van der Waals surface area (Å²) in [6, 6.07) is 16.4. The number of nitrogens with zero attached hydrogens (tertiary/aromatic N) is 2. The van der Waals surface area contributed by atoms with Crippen LogP contribution in [0.3, 0.4) is 0 Å². The van der Waals surface area contributed by atoms with Crippen molar-refractivity contribution in [1.29, 1.82) is 0 Å². The first-order valence-corrected chi connectivity index (χ1v) is 14.5. The molecule has 226 valence electrons. The molecule has 0 unspecified atom stereocenters. The smallest absolute Gasteiger partial charge is 0.410 e. The molecule has 2 aliphatic heterocycles. The number of esters is 2. The average Bonchev–Trinajstić information content (AvgIpc) is 3.11. The Kier molecular flexibility index (Phi) is 11.2. The number of para-hydroxylation sites is 2. The number of hydrogen-bond donors (Lipinski definition) is 1. The van der Waals surface area contributed by atoms with E-state index in [1.54, 1.807) is 36.1 Å². The van der Waals surface area contributed by atoms with Crippen molar-refractivity contribution in [2.75, 3.05) is 31.1 Å². The Morgan fingerprint density at radius 1 is 1.02 bits per heavy atom. The fraction of sp³-hybridized carbons (Fsp3) is 0.484. The third kappa shape index (κ3) is 8.69. The number of carbonyl (C=O) groups is 4. The van der Waals surface area contributed by atoms with Gasteiger partial charge in [0.1, 0.15) is 18.9 Å². The second-order valence-electron chi connectivity index (χ2n) is 10.4. The number of nitrogens with two attached hydrogens (primary N) is 1. The number of anilines is 1. The van der Waals surface area contributed by atoms with E-state index in [-0.39, 0.29) is 38.2 Å². The van der Waals surface area contributed by atoms with E-state index < -0.39 is 24.3 Å². The normalized spacial score (nSPS) is 17.9. The summed E-state index contributed by atoms with van der Waals surface area (Å²) in [4.78, 5) is 53.8. The van der Waals surface area contributed by atoms with Crippen LogP contribution < -0.4 is 15.4 Å². The predicted octanol–water partition coefficient (Wildman–Crippen LogP) is 3.78. The first kappa shape index (κ1) is 30.8. The van der Waals surface area contributed by atoms with E-state index >= 15 is 0 Å². The van der Waals surface area contributed by atoms with Gasteiger partial charge in [0.15, 0.2) is 12.3 Å². The number of benzene rings is 2. The van der Waals surface area contributed by atoms with Crippen LogP contribution in [0.5, 0.6) is 5.75 Å². The lowest BCUT2D eigenvalue weighted by Gasteiger charge is -2.31. The zero-order valence-electron chi connectivity index (χ0n) is 23.9. The van der Waals surface area contributed by atoms with E-state index in [4.69, 9.17) is 24.7 Å². The molecule has 11 heteroatoms. The molecule has 2 heterocycles. The van der Waals surface area contributed by atoms with Gasteiger partial charge < -0.3 is 23.8 Å². The van der Waals surface area contributed by atoms with Gasteiger partial charge >= 0.3 is 18.0 Å². The zero-order valence-corrected chi connectivity index (χ0v) is 23.9. The van der Waals surface area contributed by atoms with E-state index in [0.29, 0.717) is 43.3 Å². The highest BCUT2D eigenvalue weighted by molar-refractivity contribution is 6.00. The number of likely N-dealkylation sites (tertiary alicyclic amines) is 1. The van der Waals surface area contributed by atoms with Crippen LogP contribution in [-0.2, 0) is 35.2 Å². The molecular formula is C31H39N3O8. The molecule has 0 aromatic heterocycles. The van der Waals surface area contributed by atoms with Crippen LogP contribution in [0.25, 0.3) is 0 Å². The number of ether oxygens (including phenoxy) is 4. The third-order valence-electron chi connectivity index (χ3n) is 7.38. The molecule has 4 rings (SSSR count). The molecule has 0 spiro atoms. The number of fused-ring (bicyclic) bond motifs is 1. The molecule has 0 radical (unpaired) electrons. The monoisotopic (exact) mass is 581 g/mol. The van der Waals surface area contributed by atoms with E-state index in [1.807, 2.05) is 30.3 Å². The standard InChI is InChI=1S/C31H39N3O8/c1-2-39-30(37)26(42-29(36)20-34-24-12-6-7-13-25(24)41-27(32)19-28(34)35)14-8-11-22-15-17-33(18-16-22)31(38)40-21-23-9-4-3-5-10-23/h3-7,9-10,12-13,22,26-27H,2,8,11,14-21,32H2,1H3/t26-,27+/m1/s1. The molecule has 2 atom stereocenters. The minimum absolute atomic E-state index is 0.104. The Labute approximate surface area is 245 Å². The van der Waals surface area contributed by atoms with Crippen LogP contribution in [0, 0.1) is 5.92 Å². The van der Waals surface area contributed by atoms with Crippen molar-refractivity contribution in [3.63, 3.8) is 0 Å². The van der Waals surface area contributed by atoms with Crippen molar-refractivity contribution in [1.82, 2.24) is 4.90 Å². The summed E-state index contributed by atoms with van der Waals surface area (Å²) < 4.78 is 21.8. The average molecular weight is 582 g/mol. The molecule has 1 saturated heterocycles. The van der Waals surface area contributed by atoms with Crippen LogP contribution in [0.4, 0.5) is 10.5 Å². The topological polar surface area (TPSA) is 138 Å². The third-order valence-corrected chi connectivity index (χ3v) is 7.38. The van der Waals surface area contributed by atoms with Gasteiger partial charge in [-0.25, -0.2) is 9.59 Å². The Hall–Kier alpha value is -4.12. The van der Waals surface area contributed by atoms with Crippen molar-refractivity contribution >= 4 is 29.6 Å². The van der Waals surface area contributed by atoms with Crippen molar-refractivity contribution in [2.24, 2.45) is 11.7 Å². The van der Waals surface area contributed by atoms with Gasteiger partial charge in [0.25, 0.3) is 0 Å². The van der Waals surface area contributed by atoms with Crippen molar-refractivity contribution in [3.8, 4) is 5.75 Å². The number of rotatable bonds is 11. The highest BCUT2D eigenvalue weighted by Crippen LogP contribution is 2.32. The van der Waals surface area contributed by atoms with Gasteiger partial charge in [0.2, 0.25) is 5.91 Å². The van der Waals surface area contributed by atoms with E-state index in [1.165, 1.54) is 4.90 Å². The number of hydrogen-bond acceptors (Lipinski definition) is 9. The molecule has 42 heavy (non-hydrogen) atoms. The molecule has 0 saturated carbocycles. The number of piperidine rings is 1. The van der Waals surface area contributed by atoms with Crippen molar-refractivity contribution in [2.45, 2.75) is 64.4 Å². The summed E-state index contributed by atoms with van der Waals surface area (Å²) >= 11 is 0. The zero-order chi connectivity index (χ0) is 29.9. The molecule has 2 aromatic carbocycles. The van der Waals surface area contributed by atoms with Crippen LogP contribution in [-0.4, -0.2) is 67.4 Å². The molecule has 2 amide bonds. The van der Waals surface area contributed by atoms with Gasteiger partial charge in [-0.05, 0) is 56.2 Å². The van der Waals surface area contributed by atoms with E-state index in [0.717, 1.165) is 24.8 Å². The fourth-order valence-electron chi connectivity index (χ4n) is 5.17. The fourth-order valence-corrected chi connectivity index (χ4v) is 5.17. The Balaban J connectivity index is 1.24. The van der Waals surface area contributed by atoms with Gasteiger partial charge in [0.05, 0.1) is 18.7 Å². The van der Waals surface area contributed by atoms with Gasteiger partial charge in [-0.3, -0.25) is 20.2 Å². The van der Waals surface area contributed by atoms with Gasteiger partial charge in [-0.15, -0.1) is 0 Å². The summed E-state index contributed by atoms with van der Waals surface area (Å²) in [6.07, 6.45) is 1.05. The molecule has 1 fully saturated rings. The quantitative estimate of drug-likeness (QED) is 0.310. The number of carbonyl (C=O) groups excluding carboxylic acids is 4. The summed E-state index contributed by atoms with van der Waals surface area (Å²) in [6.45, 7) is 2.90. The molecular weight excluding hydrogens is 542 g/mol. The molecule has 0 aliphatic carbocycles. The van der Waals surface area contributed by atoms with Crippen LogP contribution >= 0.6 is 0 Å². The summed E-state index contributed by atoms with van der Waals surface area (Å²) in [5.74, 6) is -0.964. The summed E-state index contributed by atoms with van der Waals surface area (Å²) in [7, 11) is 0. The number of amides is 2. The first-order chi connectivity index (χ1) is 20.3. The minimum Gasteiger partial charge on any atom is -0.473 e. The van der Waals surface area contributed by atoms with E-state index in [2.05, 4.69) is 0 Å². The van der Waals surface area contributed by atoms with Crippen molar-refractivity contribution < 1.29 is 38.1 Å². The van der Waals surface area contributed by atoms with Crippen LogP contribution in [0.2, 0.25) is 0 Å². The molecule has 2 N–H and O–H groups in total. The first-order valence-electron chi connectivity index (χ1n) is 14.5. The van der Waals surface area contributed by atoms with E-state index in [9.17, 15) is 19.2 Å². The largest absolute Gasteiger partial charge is 0.473 e. The Bertz CT molecular complexity index is 1220. The maximum Gasteiger partial charge on any atom is 0.410 e.